The molecule has 2 atom stereocenters. The lowest BCUT2D eigenvalue weighted by atomic mass is 9.98. The summed E-state index contributed by atoms with van der Waals surface area (Å²) >= 11 is 1.64. The highest BCUT2D eigenvalue weighted by Gasteiger charge is 2.24. The van der Waals surface area contributed by atoms with Crippen LogP contribution in [0.2, 0.25) is 0 Å². The highest BCUT2D eigenvalue weighted by molar-refractivity contribution is 7.18. The number of hydrogen-bond donors (Lipinski definition) is 2. The fraction of sp³-hybridized carbons (Fsp3) is 0.550. The Morgan fingerprint density at radius 2 is 1.96 bits per heavy atom. The number of carbonyl (C=O) groups is 2. The van der Waals surface area contributed by atoms with E-state index in [9.17, 15) is 9.59 Å². The van der Waals surface area contributed by atoms with Gasteiger partial charge in [-0.05, 0) is 29.5 Å². The number of rotatable bonds is 8. The van der Waals surface area contributed by atoms with E-state index < -0.39 is 6.04 Å². The minimum atomic E-state index is -0.485. The number of nitrogens with one attached hydrogen (secondary N) is 2. The second-order valence-corrected chi connectivity index (χ2v) is 8.15. The monoisotopic (exact) mass is 375 g/mol. The van der Waals surface area contributed by atoms with Crippen molar-refractivity contribution >= 4 is 33.4 Å². The third-order valence-corrected chi connectivity index (χ3v) is 5.83. The van der Waals surface area contributed by atoms with Crippen LogP contribution in [0.5, 0.6) is 0 Å². The number of benzene rings is 1. The largest absolute Gasteiger partial charge is 0.357 e. The molecule has 0 bridgehead atoms. The van der Waals surface area contributed by atoms with E-state index in [1.807, 2.05) is 13.8 Å². The topological polar surface area (TPSA) is 71.1 Å². The molecule has 0 aliphatic carbocycles. The van der Waals surface area contributed by atoms with Gasteiger partial charge in [0.25, 0.3) is 0 Å². The van der Waals surface area contributed by atoms with Crippen molar-refractivity contribution < 1.29 is 9.59 Å². The van der Waals surface area contributed by atoms with E-state index in [1.165, 1.54) is 5.56 Å². The highest BCUT2D eigenvalue weighted by atomic mass is 32.1. The molecule has 2 amide bonds. The predicted octanol–water partition coefficient (Wildman–Crippen LogP) is 3.63. The molecule has 0 saturated heterocycles. The summed E-state index contributed by atoms with van der Waals surface area (Å²) in [5.74, 6) is 0.323. The molecule has 26 heavy (non-hydrogen) atoms. The van der Waals surface area contributed by atoms with Gasteiger partial charge >= 0.3 is 0 Å². The molecule has 2 N–H and O–H groups in total. The molecular weight excluding hydrogens is 346 g/mol. The standard InChI is InChI=1S/C20H29N3O2S/c1-6-13(4)19(20(25)21-5)23-17(24)9-10-18-22-15-8-7-14(12(2)3)11-16(15)26-18/h7-8,11-13,19H,6,9-10H2,1-5H3,(H,21,25)(H,23,24). The summed E-state index contributed by atoms with van der Waals surface area (Å²) in [6.45, 7) is 8.33. The Balaban J connectivity index is 2.00. The molecule has 2 unspecified atom stereocenters. The van der Waals surface area contributed by atoms with Crippen molar-refractivity contribution in [2.24, 2.45) is 5.92 Å². The van der Waals surface area contributed by atoms with Crippen LogP contribution in [0.3, 0.4) is 0 Å². The van der Waals surface area contributed by atoms with Gasteiger partial charge in [0, 0.05) is 19.9 Å². The number of hydrogen-bond acceptors (Lipinski definition) is 4. The molecule has 0 aliphatic rings. The molecule has 1 aromatic heterocycles. The number of fused-ring (bicyclic) bond motifs is 1. The Bertz CT molecular complexity index is 770. The van der Waals surface area contributed by atoms with Crippen LogP contribution in [0.25, 0.3) is 10.2 Å². The number of thiazole rings is 1. The van der Waals surface area contributed by atoms with Gasteiger partial charge in [-0.15, -0.1) is 11.3 Å². The van der Waals surface area contributed by atoms with Gasteiger partial charge in [0.1, 0.15) is 6.04 Å². The van der Waals surface area contributed by atoms with Crippen LogP contribution < -0.4 is 10.6 Å². The summed E-state index contributed by atoms with van der Waals surface area (Å²) in [5, 5.41) is 6.45. The SMILES string of the molecule is CCC(C)C(NC(=O)CCc1nc2ccc(C(C)C)cc2s1)C(=O)NC. The van der Waals surface area contributed by atoms with Gasteiger partial charge in [0.05, 0.1) is 15.2 Å². The van der Waals surface area contributed by atoms with Gasteiger partial charge in [-0.25, -0.2) is 4.98 Å². The van der Waals surface area contributed by atoms with Crippen molar-refractivity contribution in [3.8, 4) is 0 Å². The third kappa shape index (κ3) is 5.04. The molecule has 6 heteroatoms. The fourth-order valence-corrected chi connectivity index (χ4v) is 3.79. The summed E-state index contributed by atoms with van der Waals surface area (Å²) in [4.78, 5) is 28.9. The van der Waals surface area contributed by atoms with Crippen LogP contribution >= 0.6 is 11.3 Å². The molecule has 0 spiro atoms. The van der Waals surface area contributed by atoms with Crippen molar-refractivity contribution in [1.82, 2.24) is 15.6 Å². The summed E-state index contributed by atoms with van der Waals surface area (Å²) in [6.07, 6.45) is 1.75. The zero-order chi connectivity index (χ0) is 19.3. The number of amides is 2. The second-order valence-electron chi connectivity index (χ2n) is 7.03. The van der Waals surface area contributed by atoms with E-state index in [0.29, 0.717) is 18.8 Å². The maximum atomic E-state index is 12.3. The van der Waals surface area contributed by atoms with Crippen molar-refractivity contribution in [1.29, 1.82) is 0 Å². The van der Waals surface area contributed by atoms with Gasteiger partial charge in [-0.2, -0.15) is 0 Å². The summed E-state index contributed by atoms with van der Waals surface area (Å²) in [5.41, 5.74) is 2.28. The Morgan fingerprint density at radius 3 is 2.58 bits per heavy atom. The molecule has 0 radical (unpaired) electrons. The fourth-order valence-electron chi connectivity index (χ4n) is 2.78. The first-order chi connectivity index (χ1) is 12.3. The smallest absolute Gasteiger partial charge is 0.242 e. The molecule has 5 nitrogen and oxygen atoms in total. The summed E-state index contributed by atoms with van der Waals surface area (Å²) < 4.78 is 1.16. The lowest BCUT2D eigenvalue weighted by Gasteiger charge is -2.22. The normalized spacial score (nSPS) is 13.6. The van der Waals surface area contributed by atoms with Crippen molar-refractivity contribution in [3.63, 3.8) is 0 Å². The predicted molar refractivity (Wildman–Crippen MR) is 107 cm³/mol. The Labute approximate surface area is 159 Å². The molecular formula is C20H29N3O2S. The maximum absolute atomic E-state index is 12.3. The van der Waals surface area contributed by atoms with E-state index in [4.69, 9.17) is 0 Å². The maximum Gasteiger partial charge on any atom is 0.242 e. The van der Waals surface area contributed by atoms with Crippen LogP contribution in [0.1, 0.15) is 57.0 Å². The number of aromatic nitrogens is 1. The van der Waals surface area contributed by atoms with Crippen LogP contribution in [-0.4, -0.2) is 29.9 Å². The molecule has 142 valence electrons. The molecule has 2 rings (SSSR count). The van der Waals surface area contributed by atoms with Crippen LogP contribution in [0.4, 0.5) is 0 Å². The number of nitrogens with zero attached hydrogens (tertiary/aromatic N) is 1. The summed E-state index contributed by atoms with van der Waals surface area (Å²) in [6, 6.07) is 5.87. The molecule has 0 fully saturated rings. The van der Waals surface area contributed by atoms with Gasteiger partial charge in [-0.1, -0.05) is 40.2 Å². The zero-order valence-electron chi connectivity index (χ0n) is 16.3. The number of carbonyl (C=O) groups excluding carboxylic acids is 2. The number of likely N-dealkylation sites (N-methyl/N-ethyl adjacent to an activating group) is 1. The first kappa shape index (κ1) is 20.4. The lowest BCUT2D eigenvalue weighted by Crippen LogP contribution is -2.49. The van der Waals surface area contributed by atoms with E-state index in [1.54, 1.807) is 18.4 Å². The Hall–Kier alpha value is -1.95. The van der Waals surface area contributed by atoms with Gasteiger partial charge in [0.15, 0.2) is 0 Å². The molecule has 1 heterocycles. The van der Waals surface area contributed by atoms with Crippen LogP contribution in [0, 0.1) is 5.92 Å². The van der Waals surface area contributed by atoms with Crippen LogP contribution in [-0.2, 0) is 16.0 Å². The minimum absolute atomic E-state index is 0.0933. The third-order valence-electron chi connectivity index (χ3n) is 4.75. The van der Waals surface area contributed by atoms with E-state index >= 15 is 0 Å². The van der Waals surface area contributed by atoms with Crippen molar-refractivity contribution in [2.75, 3.05) is 7.05 Å². The van der Waals surface area contributed by atoms with Gasteiger partial charge in [0.2, 0.25) is 11.8 Å². The lowest BCUT2D eigenvalue weighted by molar-refractivity contribution is -0.129. The van der Waals surface area contributed by atoms with E-state index in [0.717, 1.165) is 21.6 Å². The average Bonchev–Trinajstić information content (AvgIpc) is 3.05. The van der Waals surface area contributed by atoms with Crippen molar-refractivity contribution in [3.05, 3.63) is 28.8 Å². The van der Waals surface area contributed by atoms with Crippen molar-refractivity contribution in [2.45, 2.75) is 58.9 Å². The average molecular weight is 376 g/mol. The van der Waals surface area contributed by atoms with E-state index in [-0.39, 0.29) is 17.7 Å². The van der Waals surface area contributed by atoms with Crippen LogP contribution in [0.15, 0.2) is 18.2 Å². The first-order valence-electron chi connectivity index (χ1n) is 9.26. The highest BCUT2D eigenvalue weighted by Crippen LogP contribution is 2.27. The molecule has 1 aromatic carbocycles. The minimum Gasteiger partial charge on any atom is -0.357 e. The van der Waals surface area contributed by atoms with Gasteiger partial charge in [-0.3, -0.25) is 9.59 Å². The molecule has 0 saturated carbocycles. The Kier molecular flexibility index (Phi) is 7.14. The quantitative estimate of drug-likeness (QED) is 0.740. The van der Waals surface area contributed by atoms with E-state index in [2.05, 4.69) is 47.7 Å². The summed E-state index contributed by atoms with van der Waals surface area (Å²) in [7, 11) is 1.59. The number of aryl methyl sites for hydroxylation is 1. The Morgan fingerprint density at radius 1 is 1.23 bits per heavy atom. The van der Waals surface area contributed by atoms with Gasteiger partial charge < -0.3 is 10.6 Å². The molecule has 0 aliphatic heterocycles. The second kappa shape index (κ2) is 9.12. The molecule has 2 aromatic rings. The zero-order valence-corrected chi connectivity index (χ0v) is 17.1. The first-order valence-corrected chi connectivity index (χ1v) is 10.1.